The van der Waals surface area contributed by atoms with Crippen molar-refractivity contribution in [3.05, 3.63) is 47.8 Å². The fourth-order valence-corrected chi connectivity index (χ4v) is 3.56. The highest BCUT2D eigenvalue weighted by Crippen LogP contribution is 2.18. The summed E-state index contributed by atoms with van der Waals surface area (Å²) in [6.45, 7) is 3.86. The van der Waals surface area contributed by atoms with E-state index in [1.54, 1.807) is 26.2 Å². The number of aryl methyl sites for hydroxylation is 2. The maximum absolute atomic E-state index is 11.8. The van der Waals surface area contributed by atoms with Gasteiger partial charge in [0.05, 0.1) is 13.2 Å². The molecule has 0 aliphatic carbocycles. The second-order valence-electron chi connectivity index (χ2n) is 7.87. The maximum atomic E-state index is 11.8. The number of pyridine rings is 2. The van der Waals surface area contributed by atoms with Crippen LogP contribution in [-0.4, -0.2) is 75.5 Å². The average molecular weight is 507 g/mol. The minimum absolute atomic E-state index is 0.0854. The van der Waals surface area contributed by atoms with Crippen LogP contribution in [0.1, 0.15) is 31.4 Å². The number of nitrogens with zero attached hydrogens (tertiary/aromatic N) is 10. The van der Waals surface area contributed by atoms with Crippen molar-refractivity contribution in [3.8, 4) is 23.0 Å². The van der Waals surface area contributed by atoms with Gasteiger partial charge in [0, 0.05) is 12.4 Å². The van der Waals surface area contributed by atoms with E-state index in [1.807, 2.05) is 24.3 Å². The summed E-state index contributed by atoms with van der Waals surface area (Å²) in [5.41, 5.74) is 3.29. The molecule has 0 bridgehead atoms. The number of hydrogen-bond acceptors (Lipinski definition) is 12. The molecule has 37 heavy (non-hydrogen) atoms. The van der Waals surface area contributed by atoms with Gasteiger partial charge in [0.15, 0.2) is 6.54 Å². The van der Waals surface area contributed by atoms with E-state index in [2.05, 4.69) is 40.9 Å². The van der Waals surface area contributed by atoms with Crippen LogP contribution in [0.2, 0.25) is 0 Å². The molecule has 0 aromatic carbocycles. The molecule has 14 nitrogen and oxygen atoms in total. The van der Waals surface area contributed by atoms with Crippen LogP contribution in [0.4, 0.5) is 0 Å². The predicted octanol–water partition coefficient (Wildman–Crippen LogP) is 1.09. The van der Waals surface area contributed by atoms with Gasteiger partial charge in [-0.2, -0.15) is 4.80 Å². The largest absolute Gasteiger partial charge is 0.465 e. The van der Waals surface area contributed by atoms with E-state index < -0.39 is 11.9 Å². The van der Waals surface area contributed by atoms with Gasteiger partial charge in [-0.3, -0.25) is 14.8 Å². The van der Waals surface area contributed by atoms with Gasteiger partial charge >= 0.3 is 11.9 Å². The Morgan fingerprint density at radius 1 is 0.838 bits per heavy atom. The van der Waals surface area contributed by atoms with Crippen LogP contribution in [0, 0.1) is 0 Å². The highest BCUT2D eigenvalue weighted by atomic mass is 16.5. The minimum atomic E-state index is -0.428. The minimum Gasteiger partial charge on any atom is -0.465 e. The van der Waals surface area contributed by atoms with Crippen molar-refractivity contribution >= 4 is 11.9 Å². The lowest BCUT2D eigenvalue weighted by atomic mass is 10.0. The Morgan fingerprint density at radius 3 is 2.19 bits per heavy atom. The molecule has 192 valence electrons. The first-order chi connectivity index (χ1) is 18.1. The van der Waals surface area contributed by atoms with Crippen molar-refractivity contribution in [2.75, 3.05) is 13.2 Å². The molecule has 0 N–H and O–H groups in total. The van der Waals surface area contributed by atoms with E-state index >= 15 is 0 Å². The van der Waals surface area contributed by atoms with Crippen LogP contribution >= 0.6 is 0 Å². The second kappa shape index (κ2) is 12.4. The van der Waals surface area contributed by atoms with Crippen LogP contribution < -0.4 is 0 Å². The summed E-state index contributed by atoms with van der Waals surface area (Å²) >= 11 is 0. The van der Waals surface area contributed by atoms with Gasteiger partial charge in [-0.05, 0) is 84.1 Å². The summed E-state index contributed by atoms with van der Waals surface area (Å²) in [4.78, 5) is 33.3. The Bertz CT molecular complexity index is 1350. The number of hydrogen-bond donors (Lipinski definition) is 0. The summed E-state index contributed by atoms with van der Waals surface area (Å²) in [5, 5.41) is 23.7. The van der Waals surface area contributed by atoms with Crippen molar-refractivity contribution < 1.29 is 19.1 Å². The highest BCUT2D eigenvalue weighted by molar-refractivity contribution is 5.70. The summed E-state index contributed by atoms with van der Waals surface area (Å²) in [7, 11) is 0. The lowest BCUT2D eigenvalue weighted by Crippen LogP contribution is -2.15. The molecular formula is C23H26N10O4. The van der Waals surface area contributed by atoms with Gasteiger partial charge in [0.2, 0.25) is 11.6 Å². The summed E-state index contributed by atoms with van der Waals surface area (Å²) in [6, 6.07) is 7.70. The van der Waals surface area contributed by atoms with Crippen LogP contribution in [0.25, 0.3) is 23.0 Å². The third-order valence-electron chi connectivity index (χ3n) is 5.18. The van der Waals surface area contributed by atoms with E-state index in [4.69, 9.17) is 9.47 Å². The molecule has 4 aromatic heterocycles. The molecule has 4 rings (SSSR count). The topological polar surface area (TPSA) is 166 Å². The zero-order valence-electron chi connectivity index (χ0n) is 20.5. The lowest BCUT2D eigenvalue weighted by molar-refractivity contribution is -0.145. The van der Waals surface area contributed by atoms with Gasteiger partial charge in [-0.1, -0.05) is 0 Å². The molecule has 0 saturated heterocycles. The van der Waals surface area contributed by atoms with Gasteiger partial charge in [-0.25, -0.2) is 9.48 Å². The first-order valence-electron chi connectivity index (χ1n) is 11.8. The summed E-state index contributed by atoms with van der Waals surface area (Å²) in [5.74, 6) is -0.105. The predicted molar refractivity (Wildman–Crippen MR) is 127 cm³/mol. The molecule has 14 heteroatoms. The number of carbonyl (C=O) groups is 2. The van der Waals surface area contributed by atoms with Crippen molar-refractivity contribution in [1.29, 1.82) is 0 Å². The quantitative estimate of drug-likeness (QED) is 0.251. The van der Waals surface area contributed by atoms with Crippen molar-refractivity contribution in [3.63, 3.8) is 0 Å². The third kappa shape index (κ3) is 6.96. The monoisotopic (exact) mass is 506 g/mol. The molecule has 0 radical (unpaired) electrons. The van der Waals surface area contributed by atoms with Gasteiger partial charge in [0.1, 0.15) is 17.9 Å². The smallest absolute Gasteiger partial charge is 0.329 e. The molecule has 0 spiro atoms. The van der Waals surface area contributed by atoms with Gasteiger partial charge in [0.25, 0.3) is 0 Å². The first kappa shape index (κ1) is 25.5. The Balaban J connectivity index is 1.36. The van der Waals surface area contributed by atoms with Gasteiger partial charge in [-0.15, -0.1) is 15.3 Å². The Morgan fingerprint density at radius 2 is 1.49 bits per heavy atom. The van der Waals surface area contributed by atoms with Crippen molar-refractivity contribution in [2.45, 2.75) is 46.2 Å². The molecule has 4 heterocycles. The molecular weight excluding hydrogens is 480 g/mol. The highest BCUT2D eigenvalue weighted by Gasteiger charge is 2.15. The molecule has 0 atom stereocenters. The molecule has 0 fully saturated rings. The van der Waals surface area contributed by atoms with Crippen LogP contribution in [0.15, 0.2) is 36.7 Å². The third-order valence-corrected chi connectivity index (χ3v) is 5.18. The molecule has 0 aliphatic rings. The Hall–Kier alpha value is -4.62. The number of carbonyl (C=O) groups excluding carboxylic acids is 2. The van der Waals surface area contributed by atoms with Crippen molar-refractivity contribution in [2.24, 2.45) is 0 Å². The number of ether oxygens (including phenoxy) is 2. The second-order valence-corrected chi connectivity index (χ2v) is 7.87. The normalized spacial score (nSPS) is 10.9. The molecule has 4 aromatic rings. The number of aromatic nitrogens is 10. The van der Waals surface area contributed by atoms with Gasteiger partial charge < -0.3 is 9.47 Å². The molecule has 0 saturated carbocycles. The summed E-state index contributed by atoms with van der Waals surface area (Å²) in [6.07, 6.45) is 5.85. The van der Waals surface area contributed by atoms with Crippen LogP contribution in [-0.2, 0) is 45.0 Å². The lowest BCUT2D eigenvalue weighted by Gasteiger charge is -2.06. The maximum Gasteiger partial charge on any atom is 0.329 e. The Kier molecular flexibility index (Phi) is 8.52. The van der Waals surface area contributed by atoms with Crippen LogP contribution in [0.3, 0.4) is 0 Å². The first-order valence-corrected chi connectivity index (χ1v) is 11.8. The molecule has 0 aliphatic heterocycles. The Labute approximate surface area is 212 Å². The van der Waals surface area contributed by atoms with Crippen molar-refractivity contribution in [1.82, 2.24) is 50.4 Å². The average Bonchev–Trinajstić information content (AvgIpc) is 3.54. The number of rotatable bonds is 12. The van der Waals surface area contributed by atoms with E-state index in [-0.39, 0.29) is 19.7 Å². The van der Waals surface area contributed by atoms with E-state index in [0.29, 0.717) is 29.6 Å². The van der Waals surface area contributed by atoms with E-state index in [0.717, 1.165) is 30.4 Å². The molecule has 0 amide bonds. The number of tetrazole rings is 2. The zero-order valence-corrected chi connectivity index (χ0v) is 20.5. The fourth-order valence-electron chi connectivity index (χ4n) is 3.56. The molecule has 0 unspecified atom stereocenters. The number of esters is 2. The SMILES string of the molecule is CCOC(=O)Cn1nnc(-c2cc(CCCc3ccnc(-c4nnnn4CC(=O)OCC)c3)ccn2)n1. The zero-order chi connectivity index (χ0) is 26.0. The summed E-state index contributed by atoms with van der Waals surface area (Å²) < 4.78 is 11.3. The fraction of sp³-hybridized carbons (Fsp3) is 0.391. The van der Waals surface area contributed by atoms with E-state index in [9.17, 15) is 9.59 Å². The standard InChI is InChI=1S/C23H26N10O4/c1-3-36-20(34)14-32-23(27-29-31-32)19-13-17(9-11-25-19)7-5-6-16-8-10-24-18(12-16)22-26-30-33(28-22)15-21(35)37-4-2/h8-13H,3-7,14-15H2,1-2H3. The van der Waals surface area contributed by atoms with E-state index in [1.165, 1.54) is 9.48 Å². The van der Waals surface area contributed by atoms with Crippen LogP contribution in [0.5, 0.6) is 0 Å².